The number of carbonyl (C=O) groups excluding carboxylic acids is 1. The first kappa shape index (κ1) is 22.9. The molecule has 0 aromatic heterocycles. The van der Waals surface area contributed by atoms with E-state index in [0.29, 0.717) is 9.80 Å². The van der Waals surface area contributed by atoms with Crippen LogP contribution in [-0.4, -0.2) is 91.3 Å². The Bertz CT molecular complexity index is 680. The Hall–Kier alpha value is -3.15. The predicted octanol–water partition coefficient (Wildman–Crippen LogP) is -0.263. The third-order valence-electron chi connectivity index (χ3n) is 4.74. The predicted molar refractivity (Wildman–Crippen MR) is 92.9 cm³/mol. The number of carbonyl (C=O) groups is 5. The van der Waals surface area contributed by atoms with E-state index >= 15 is 0 Å². The van der Waals surface area contributed by atoms with Crippen LogP contribution in [0.15, 0.2) is 12.7 Å². The molecular weight excluding hydrogens is 378 g/mol. The van der Waals surface area contributed by atoms with E-state index in [1.807, 2.05) is 0 Å². The van der Waals surface area contributed by atoms with Crippen molar-refractivity contribution >= 4 is 29.9 Å². The van der Waals surface area contributed by atoms with E-state index in [9.17, 15) is 34.2 Å². The molecule has 0 heterocycles. The minimum Gasteiger partial charge on any atom is -0.480 e. The van der Waals surface area contributed by atoms with Gasteiger partial charge in [0.2, 0.25) is 0 Å². The van der Waals surface area contributed by atoms with E-state index in [1.54, 1.807) is 0 Å². The normalized spacial score (nSPS) is 24.0. The molecule has 0 bridgehead atoms. The molecule has 6 N–H and O–H groups in total. The molecule has 1 rings (SSSR count). The van der Waals surface area contributed by atoms with Crippen LogP contribution in [0.25, 0.3) is 0 Å². The van der Waals surface area contributed by atoms with Gasteiger partial charge in [0, 0.05) is 12.5 Å². The van der Waals surface area contributed by atoms with Gasteiger partial charge in [-0.3, -0.25) is 24.2 Å². The summed E-state index contributed by atoms with van der Waals surface area (Å²) in [5, 5.41) is 36.6. The zero-order chi connectivity index (χ0) is 21.6. The number of nitrogens with zero attached hydrogens (tertiary/aromatic N) is 2. The van der Waals surface area contributed by atoms with Gasteiger partial charge in [0.1, 0.15) is 13.1 Å². The fourth-order valence-corrected chi connectivity index (χ4v) is 3.45. The lowest BCUT2D eigenvalue weighted by molar-refractivity contribution is -0.139. The third-order valence-corrected chi connectivity index (χ3v) is 4.74. The first-order chi connectivity index (χ1) is 12.9. The zero-order valence-electron chi connectivity index (χ0n) is 15.0. The van der Waals surface area contributed by atoms with Crippen LogP contribution in [0.4, 0.5) is 9.59 Å². The minimum absolute atomic E-state index is 0.0191. The quantitative estimate of drug-likeness (QED) is 0.320. The molecule has 28 heavy (non-hydrogen) atoms. The van der Waals surface area contributed by atoms with Crippen LogP contribution in [0, 0.1) is 5.92 Å². The van der Waals surface area contributed by atoms with E-state index < -0.39 is 61.3 Å². The standard InChI is InChI=1S/C16H23N3O9/c1-2-10(20)9-3-4-16(17,8-18(14(25)26)6-12(21)22)11(5-9)19(15(27)28)7-13(23)24/h2,9,11H,1,3-8,17H2,(H,21,22)(H,23,24)(H,25,26)(H,27,28). The number of hydrogen-bond donors (Lipinski definition) is 5. The van der Waals surface area contributed by atoms with Gasteiger partial charge in [0.05, 0.1) is 11.6 Å². The molecule has 0 radical (unpaired) electrons. The van der Waals surface area contributed by atoms with Crippen LogP contribution in [0.2, 0.25) is 0 Å². The lowest BCUT2D eigenvalue weighted by Gasteiger charge is -2.48. The van der Waals surface area contributed by atoms with Gasteiger partial charge in [-0.2, -0.15) is 0 Å². The van der Waals surface area contributed by atoms with Crippen molar-refractivity contribution in [2.75, 3.05) is 19.6 Å². The highest BCUT2D eigenvalue weighted by molar-refractivity contribution is 5.91. The van der Waals surface area contributed by atoms with Gasteiger partial charge in [-0.1, -0.05) is 6.58 Å². The van der Waals surface area contributed by atoms with Crippen LogP contribution in [-0.2, 0) is 14.4 Å². The second-order valence-corrected chi connectivity index (χ2v) is 6.66. The van der Waals surface area contributed by atoms with Crippen molar-refractivity contribution in [3.05, 3.63) is 12.7 Å². The Balaban J connectivity index is 3.29. The van der Waals surface area contributed by atoms with Gasteiger partial charge < -0.3 is 26.2 Å². The van der Waals surface area contributed by atoms with Crippen molar-refractivity contribution in [3.8, 4) is 0 Å². The van der Waals surface area contributed by atoms with Crippen molar-refractivity contribution in [1.29, 1.82) is 0 Å². The second kappa shape index (κ2) is 9.17. The maximum absolute atomic E-state index is 12.0. The van der Waals surface area contributed by atoms with Crippen LogP contribution in [0.3, 0.4) is 0 Å². The maximum atomic E-state index is 12.0. The Morgan fingerprint density at radius 1 is 1.04 bits per heavy atom. The molecule has 0 aromatic rings. The number of hydrogen-bond acceptors (Lipinski definition) is 6. The number of ketones is 1. The zero-order valence-corrected chi connectivity index (χ0v) is 15.0. The van der Waals surface area contributed by atoms with Gasteiger partial charge in [-0.05, 0) is 25.3 Å². The van der Waals surface area contributed by atoms with Gasteiger partial charge in [0.15, 0.2) is 5.78 Å². The van der Waals surface area contributed by atoms with Crippen molar-refractivity contribution in [2.24, 2.45) is 11.7 Å². The molecule has 1 aliphatic carbocycles. The molecule has 0 saturated heterocycles. The lowest BCUT2D eigenvalue weighted by Crippen LogP contribution is -2.68. The molecule has 12 nitrogen and oxygen atoms in total. The highest BCUT2D eigenvalue weighted by atomic mass is 16.4. The molecule has 3 unspecified atom stereocenters. The van der Waals surface area contributed by atoms with Crippen molar-refractivity contribution < 1.29 is 44.4 Å². The third kappa shape index (κ3) is 5.67. The summed E-state index contributed by atoms with van der Waals surface area (Å²) in [5.74, 6) is -3.91. The molecular formula is C16H23N3O9. The van der Waals surface area contributed by atoms with E-state index in [0.717, 1.165) is 6.08 Å². The number of carboxylic acids is 2. The largest absolute Gasteiger partial charge is 0.480 e. The average molecular weight is 401 g/mol. The lowest BCUT2D eigenvalue weighted by atomic mass is 9.71. The van der Waals surface area contributed by atoms with E-state index in [4.69, 9.17) is 15.9 Å². The Kier molecular flexibility index (Phi) is 7.50. The fourth-order valence-electron chi connectivity index (χ4n) is 3.45. The summed E-state index contributed by atoms with van der Waals surface area (Å²) in [6.07, 6.45) is -2.07. The maximum Gasteiger partial charge on any atom is 0.408 e. The number of rotatable bonds is 9. The summed E-state index contributed by atoms with van der Waals surface area (Å²) in [4.78, 5) is 58.1. The van der Waals surface area contributed by atoms with E-state index in [2.05, 4.69) is 6.58 Å². The molecule has 3 atom stereocenters. The number of nitrogens with two attached hydrogens (primary N) is 1. The summed E-state index contributed by atoms with van der Waals surface area (Å²) in [7, 11) is 0. The number of allylic oxidation sites excluding steroid dienone is 1. The molecule has 156 valence electrons. The van der Waals surface area contributed by atoms with E-state index in [1.165, 1.54) is 0 Å². The fraction of sp³-hybridized carbons (Fsp3) is 0.562. The molecule has 12 heteroatoms. The average Bonchev–Trinajstić information content (AvgIpc) is 2.58. The molecule has 0 aromatic carbocycles. The molecule has 0 spiro atoms. The summed E-state index contributed by atoms with van der Waals surface area (Å²) < 4.78 is 0. The molecule has 0 aliphatic heterocycles. The van der Waals surface area contributed by atoms with Crippen molar-refractivity contribution in [2.45, 2.75) is 30.8 Å². The smallest absolute Gasteiger partial charge is 0.408 e. The van der Waals surface area contributed by atoms with Gasteiger partial charge in [-0.15, -0.1) is 0 Å². The highest BCUT2D eigenvalue weighted by Crippen LogP contribution is 2.35. The topological polar surface area (TPSA) is 199 Å². The summed E-state index contributed by atoms with van der Waals surface area (Å²) in [6, 6.07) is -1.22. The molecule has 1 fully saturated rings. The van der Waals surface area contributed by atoms with Crippen LogP contribution >= 0.6 is 0 Å². The molecule has 1 aliphatic rings. The van der Waals surface area contributed by atoms with Crippen molar-refractivity contribution in [3.63, 3.8) is 0 Å². The monoisotopic (exact) mass is 401 g/mol. The summed E-state index contributed by atoms with van der Waals surface area (Å²) in [5.41, 5.74) is 4.72. The van der Waals surface area contributed by atoms with Crippen molar-refractivity contribution in [1.82, 2.24) is 9.80 Å². The van der Waals surface area contributed by atoms with Crippen LogP contribution < -0.4 is 5.73 Å². The molecule has 1 saturated carbocycles. The number of aliphatic carboxylic acids is 2. The molecule has 2 amide bonds. The van der Waals surface area contributed by atoms with Crippen LogP contribution in [0.5, 0.6) is 0 Å². The first-order valence-electron chi connectivity index (χ1n) is 8.27. The SMILES string of the molecule is C=CC(=O)C1CCC(N)(CN(CC(=O)O)C(=O)O)C(N(CC(=O)O)C(=O)O)C1. The first-order valence-corrected chi connectivity index (χ1v) is 8.27. The van der Waals surface area contributed by atoms with E-state index in [-0.39, 0.29) is 25.0 Å². The Labute approximate surface area is 159 Å². The summed E-state index contributed by atoms with van der Waals surface area (Å²) >= 11 is 0. The second-order valence-electron chi connectivity index (χ2n) is 6.66. The van der Waals surface area contributed by atoms with Crippen LogP contribution in [0.1, 0.15) is 19.3 Å². The number of amides is 2. The van der Waals surface area contributed by atoms with Gasteiger partial charge in [0.25, 0.3) is 0 Å². The highest BCUT2D eigenvalue weighted by Gasteiger charge is 2.48. The Morgan fingerprint density at radius 3 is 2.04 bits per heavy atom. The number of carboxylic acid groups (broad SMARTS) is 4. The minimum atomic E-state index is -1.60. The van der Waals surface area contributed by atoms with Gasteiger partial charge in [-0.25, -0.2) is 9.59 Å². The summed E-state index contributed by atoms with van der Waals surface area (Å²) in [6.45, 7) is 1.01. The Morgan fingerprint density at radius 2 is 1.61 bits per heavy atom. The van der Waals surface area contributed by atoms with Gasteiger partial charge >= 0.3 is 24.1 Å².